The molecule has 0 aliphatic rings. The Balaban J connectivity index is 2.12. The lowest BCUT2D eigenvalue weighted by Crippen LogP contribution is -2.04. The molecule has 0 atom stereocenters. The van der Waals surface area contributed by atoms with Crippen LogP contribution in [0.3, 0.4) is 0 Å². The molecule has 0 amide bonds. The zero-order chi connectivity index (χ0) is 14.4. The molecule has 2 rings (SSSR count). The fraction of sp³-hybridized carbons (Fsp3) is 0.200. The molecule has 0 aliphatic carbocycles. The second kappa shape index (κ2) is 6.43. The molecule has 1 aromatic heterocycles. The van der Waals surface area contributed by atoms with E-state index in [4.69, 9.17) is 14.7 Å². The smallest absolute Gasteiger partial charge is 0.142 e. The lowest BCUT2D eigenvalue weighted by molar-refractivity contribution is 0.391. The van der Waals surface area contributed by atoms with Crippen LogP contribution in [0.25, 0.3) is 0 Å². The highest BCUT2D eigenvalue weighted by molar-refractivity contribution is 5.44. The van der Waals surface area contributed by atoms with Crippen molar-refractivity contribution in [3.05, 3.63) is 47.7 Å². The predicted molar refractivity (Wildman–Crippen MR) is 75.8 cm³/mol. The summed E-state index contributed by atoms with van der Waals surface area (Å²) in [7, 11) is 3.23. The maximum atomic E-state index is 8.81. The number of pyridine rings is 1. The Morgan fingerprint density at radius 2 is 2.05 bits per heavy atom. The van der Waals surface area contributed by atoms with E-state index in [0.717, 1.165) is 17.1 Å². The topological polar surface area (TPSA) is 67.2 Å². The van der Waals surface area contributed by atoms with E-state index in [1.54, 1.807) is 26.4 Å². The number of hydrogen-bond donors (Lipinski definition) is 1. The second-order valence-electron chi connectivity index (χ2n) is 4.05. The zero-order valence-corrected chi connectivity index (χ0v) is 11.4. The molecule has 0 unspecified atom stereocenters. The van der Waals surface area contributed by atoms with Gasteiger partial charge in [0.2, 0.25) is 0 Å². The molecule has 0 saturated carbocycles. The summed E-state index contributed by atoms with van der Waals surface area (Å²) in [6.45, 7) is 0.551. The standard InChI is InChI=1S/C15H15N3O2/c1-19-13-7-6-11(14(8-13)20-2)10-17-15-5-3-4-12(9-16)18-15/h3-8H,10H2,1-2H3,(H,17,18). The van der Waals surface area contributed by atoms with E-state index in [2.05, 4.69) is 10.3 Å². The van der Waals surface area contributed by atoms with Gasteiger partial charge < -0.3 is 14.8 Å². The Morgan fingerprint density at radius 1 is 1.20 bits per heavy atom. The quantitative estimate of drug-likeness (QED) is 0.903. The van der Waals surface area contributed by atoms with Crippen molar-refractivity contribution in [2.45, 2.75) is 6.54 Å². The molecular formula is C15H15N3O2. The van der Waals surface area contributed by atoms with Crippen molar-refractivity contribution in [2.75, 3.05) is 19.5 Å². The number of rotatable bonds is 5. The van der Waals surface area contributed by atoms with Crippen molar-refractivity contribution in [1.82, 2.24) is 4.98 Å². The van der Waals surface area contributed by atoms with Crippen molar-refractivity contribution in [3.63, 3.8) is 0 Å². The molecule has 5 heteroatoms. The summed E-state index contributed by atoms with van der Waals surface area (Å²) in [5.41, 5.74) is 1.37. The van der Waals surface area contributed by atoms with Gasteiger partial charge in [-0.1, -0.05) is 6.07 Å². The molecule has 102 valence electrons. The van der Waals surface area contributed by atoms with Crippen LogP contribution in [0.15, 0.2) is 36.4 Å². The lowest BCUT2D eigenvalue weighted by Gasteiger charge is -2.11. The van der Waals surface area contributed by atoms with E-state index >= 15 is 0 Å². The van der Waals surface area contributed by atoms with Crippen LogP contribution >= 0.6 is 0 Å². The van der Waals surface area contributed by atoms with Crippen LogP contribution in [0.2, 0.25) is 0 Å². The lowest BCUT2D eigenvalue weighted by atomic mass is 10.2. The van der Waals surface area contributed by atoms with Gasteiger partial charge in [0, 0.05) is 18.2 Å². The molecule has 2 aromatic rings. The third kappa shape index (κ3) is 3.18. The molecule has 1 aromatic carbocycles. The van der Waals surface area contributed by atoms with Crippen molar-refractivity contribution >= 4 is 5.82 Å². The highest BCUT2D eigenvalue weighted by Crippen LogP contribution is 2.25. The number of aromatic nitrogens is 1. The molecule has 0 spiro atoms. The van der Waals surface area contributed by atoms with Crippen LogP contribution in [-0.2, 0) is 6.54 Å². The first-order chi connectivity index (χ1) is 9.76. The first-order valence-electron chi connectivity index (χ1n) is 6.08. The molecule has 0 saturated heterocycles. The number of hydrogen-bond acceptors (Lipinski definition) is 5. The third-order valence-corrected chi connectivity index (χ3v) is 2.82. The fourth-order valence-corrected chi connectivity index (χ4v) is 1.78. The summed E-state index contributed by atoms with van der Waals surface area (Å²) in [5, 5.41) is 12.0. The molecule has 1 heterocycles. The fourth-order valence-electron chi connectivity index (χ4n) is 1.78. The molecular weight excluding hydrogens is 254 g/mol. The van der Waals surface area contributed by atoms with Crippen LogP contribution in [-0.4, -0.2) is 19.2 Å². The number of anilines is 1. The number of ether oxygens (including phenoxy) is 2. The van der Waals surface area contributed by atoms with E-state index in [9.17, 15) is 0 Å². The minimum absolute atomic E-state index is 0.386. The average molecular weight is 269 g/mol. The van der Waals surface area contributed by atoms with Crippen LogP contribution < -0.4 is 14.8 Å². The summed E-state index contributed by atoms with van der Waals surface area (Å²) >= 11 is 0. The Bertz CT molecular complexity index is 635. The van der Waals surface area contributed by atoms with E-state index in [0.29, 0.717) is 18.1 Å². The van der Waals surface area contributed by atoms with Gasteiger partial charge in [-0.2, -0.15) is 5.26 Å². The third-order valence-electron chi connectivity index (χ3n) is 2.82. The Morgan fingerprint density at radius 3 is 2.75 bits per heavy atom. The first-order valence-corrected chi connectivity index (χ1v) is 6.08. The summed E-state index contributed by atoms with van der Waals surface area (Å²) in [5.74, 6) is 2.14. The van der Waals surface area contributed by atoms with E-state index < -0.39 is 0 Å². The van der Waals surface area contributed by atoms with Gasteiger partial charge >= 0.3 is 0 Å². The van der Waals surface area contributed by atoms with Gasteiger partial charge in [0.25, 0.3) is 0 Å². The molecule has 0 radical (unpaired) electrons. The summed E-state index contributed by atoms with van der Waals surface area (Å²) in [6.07, 6.45) is 0. The van der Waals surface area contributed by atoms with Crippen LogP contribution in [0.5, 0.6) is 11.5 Å². The van der Waals surface area contributed by atoms with Crippen LogP contribution in [0.1, 0.15) is 11.3 Å². The van der Waals surface area contributed by atoms with E-state index in [1.807, 2.05) is 30.3 Å². The summed E-state index contributed by atoms with van der Waals surface area (Å²) in [4.78, 5) is 4.16. The average Bonchev–Trinajstić information content (AvgIpc) is 2.52. The highest BCUT2D eigenvalue weighted by Gasteiger charge is 2.05. The Labute approximate surface area is 117 Å². The van der Waals surface area contributed by atoms with Gasteiger partial charge in [-0.25, -0.2) is 4.98 Å². The molecule has 5 nitrogen and oxygen atoms in total. The number of nitrogens with zero attached hydrogens (tertiary/aromatic N) is 2. The van der Waals surface area contributed by atoms with Crippen molar-refractivity contribution in [3.8, 4) is 17.6 Å². The van der Waals surface area contributed by atoms with E-state index in [1.165, 1.54) is 0 Å². The predicted octanol–water partition coefficient (Wildman–Crippen LogP) is 2.58. The maximum absolute atomic E-state index is 8.81. The zero-order valence-electron chi connectivity index (χ0n) is 11.4. The largest absolute Gasteiger partial charge is 0.497 e. The molecule has 0 fully saturated rings. The maximum Gasteiger partial charge on any atom is 0.142 e. The molecule has 0 aliphatic heterocycles. The molecule has 1 N–H and O–H groups in total. The molecule has 20 heavy (non-hydrogen) atoms. The van der Waals surface area contributed by atoms with E-state index in [-0.39, 0.29) is 0 Å². The van der Waals surface area contributed by atoms with Crippen molar-refractivity contribution in [1.29, 1.82) is 5.26 Å². The minimum Gasteiger partial charge on any atom is -0.497 e. The first kappa shape index (κ1) is 13.7. The minimum atomic E-state index is 0.386. The van der Waals surface area contributed by atoms with Gasteiger partial charge in [0.05, 0.1) is 14.2 Å². The number of methoxy groups -OCH3 is 2. The number of nitrogens with one attached hydrogen (secondary N) is 1. The summed E-state index contributed by atoms with van der Waals surface area (Å²) < 4.78 is 10.5. The monoisotopic (exact) mass is 269 g/mol. The van der Waals surface area contributed by atoms with Crippen LogP contribution in [0.4, 0.5) is 5.82 Å². The van der Waals surface area contributed by atoms with Gasteiger partial charge in [-0.05, 0) is 24.3 Å². The van der Waals surface area contributed by atoms with Crippen LogP contribution in [0, 0.1) is 11.3 Å². The van der Waals surface area contributed by atoms with Crippen molar-refractivity contribution < 1.29 is 9.47 Å². The SMILES string of the molecule is COc1ccc(CNc2cccc(C#N)n2)c(OC)c1. The second-order valence-corrected chi connectivity index (χ2v) is 4.05. The van der Waals surface area contributed by atoms with Gasteiger partial charge in [-0.3, -0.25) is 0 Å². The normalized spacial score (nSPS) is 9.65. The summed E-state index contributed by atoms with van der Waals surface area (Å²) in [6, 6.07) is 12.9. The van der Waals surface area contributed by atoms with Gasteiger partial charge in [-0.15, -0.1) is 0 Å². The highest BCUT2D eigenvalue weighted by atomic mass is 16.5. The Kier molecular flexibility index (Phi) is 4.40. The Hall–Kier alpha value is -2.74. The van der Waals surface area contributed by atoms with Crippen molar-refractivity contribution in [2.24, 2.45) is 0 Å². The van der Waals surface area contributed by atoms with Gasteiger partial charge in [0.15, 0.2) is 0 Å². The molecule has 0 bridgehead atoms. The van der Waals surface area contributed by atoms with Gasteiger partial charge in [0.1, 0.15) is 29.1 Å². The number of nitriles is 1. The number of benzene rings is 1.